The summed E-state index contributed by atoms with van der Waals surface area (Å²) < 4.78 is 8.46. The predicted molar refractivity (Wildman–Crippen MR) is 92.6 cm³/mol. The van der Waals surface area contributed by atoms with Crippen molar-refractivity contribution in [3.63, 3.8) is 0 Å². The first-order chi connectivity index (χ1) is 11.4. The van der Waals surface area contributed by atoms with E-state index >= 15 is 0 Å². The summed E-state index contributed by atoms with van der Waals surface area (Å²) in [6.07, 6.45) is 1.19. The predicted octanol–water partition coefficient (Wildman–Crippen LogP) is 0.552. The maximum atomic E-state index is 12.4. The number of aromatic nitrogens is 4. The molecule has 0 spiro atoms. The minimum absolute atomic E-state index is 0.402. The maximum absolute atomic E-state index is 12.4. The van der Waals surface area contributed by atoms with E-state index in [4.69, 9.17) is 4.74 Å². The fraction of sp³-hybridized carbons (Fsp3) is 0.688. The molecule has 2 atom stereocenters. The Hall–Kier alpha value is -2.09. The molecule has 2 aromatic heterocycles. The van der Waals surface area contributed by atoms with Gasteiger partial charge in [0.2, 0.25) is 5.95 Å². The quantitative estimate of drug-likeness (QED) is 0.882. The molecule has 1 saturated heterocycles. The first-order valence-corrected chi connectivity index (χ1v) is 8.35. The number of aryl methyl sites for hydroxylation is 1. The number of hydrogen-bond acceptors (Lipinski definition) is 5. The second-order valence-corrected chi connectivity index (χ2v) is 6.90. The number of fused-ring (bicyclic) bond motifs is 1. The molecule has 8 heteroatoms. The maximum Gasteiger partial charge on any atom is 0.329 e. The third-order valence-corrected chi connectivity index (χ3v) is 4.66. The number of methoxy groups -OCH3 is 1. The molecule has 1 fully saturated rings. The number of aromatic amines is 1. The molecule has 2 aromatic rings. The third-order valence-electron chi connectivity index (χ3n) is 4.66. The van der Waals surface area contributed by atoms with Gasteiger partial charge in [0.05, 0.1) is 6.61 Å². The van der Waals surface area contributed by atoms with Gasteiger partial charge in [0.15, 0.2) is 11.2 Å². The number of nitrogens with one attached hydrogen (secondary N) is 1. The van der Waals surface area contributed by atoms with Crippen LogP contribution in [0.25, 0.3) is 11.2 Å². The lowest BCUT2D eigenvalue weighted by atomic mass is 9.92. The molecular formula is C16H25N5O3. The summed E-state index contributed by atoms with van der Waals surface area (Å²) in [5.74, 6) is 1.87. The zero-order chi connectivity index (χ0) is 17.4. The lowest BCUT2D eigenvalue weighted by molar-refractivity contribution is 0.188. The van der Waals surface area contributed by atoms with Crippen LogP contribution < -0.4 is 16.1 Å². The zero-order valence-electron chi connectivity index (χ0n) is 14.7. The van der Waals surface area contributed by atoms with E-state index in [1.807, 2.05) is 4.57 Å². The molecule has 0 aliphatic carbocycles. The van der Waals surface area contributed by atoms with Crippen LogP contribution in [0.2, 0.25) is 0 Å². The van der Waals surface area contributed by atoms with Crippen molar-refractivity contribution in [2.24, 2.45) is 18.9 Å². The Morgan fingerprint density at radius 1 is 1.25 bits per heavy atom. The molecule has 24 heavy (non-hydrogen) atoms. The average Bonchev–Trinajstić information content (AvgIpc) is 2.90. The molecule has 0 saturated carbocycles. The first kappa shape index (κ1) is 16.8. The van der Waals surface area contributed by atoms with Crippen molar-refractivity contribution in [3.05, 3.63) is 20.8 Å². The molecule has 132 valence electrons. The molecular weight excluding hydrogens is 310 g/mol. The summed E-state index contributed by atoms with van der Waals surface area (Å²) in [4.78, 5) is 33.5. The Morgan fingerprint density at radius 3 is 2.54 bits per heavy atom. The normalized spacial score (nSPS) is 21.6. The van der Waals surface area contributed by atoms with Gasteiger partial charge >= 0.3 is 5.69 Å². The van der Waals surface area contributed by atoms with Crippen LogP contribution in [-0.2, 0) is 18.3 Å². The van der Waals surface area contributed by atoms with E-state index < -0.39 is 11.2 Å². The highest BCUT2D eigenvalue weighted by atomic mass is 16.5. The highest BCUT2D eigenvalue weighted by Gasteiger charge is 2.27. The Kier molecular flexibility index (Phi) is 4.49. The lowest BCUT2D eigenvalue weighted by Crippen LogP contribution is -2.40. The van der Waals surface area contributed by atoms with Crippen molar-refractivity contribution in [2.75, 3.05) is 31.7 Å². The highest BCUT2D eigenvalue weighted by Crippen LogP contribution is 2.27. The molecule has 2 unspecified atom stereocenters. The number of nitrogens with zero attached hydrogens (tertiary/aromatic N) is 4. The lowest BCUT2D eigenvalue weighted by Gasteiger charge is -2.35. The summed E-state index contributed by atoms with van der Waals surface area (Å²) in [7, 11) is 3.25. The number of hydrogen-bond donors (Lipinski definition) is 1. The van der Waals surface area contributed by atoms with E-state index in [0.29, 0.717) is 36.2 Å². The monoisotopic (exact) mass is 335 g/mol. The van der Waals surface area contributed by atoms with Crippen LogP contribution in [-0.4, -0.2) is 45.9 Å². The van der Waals surface area contributed by atoms with Crippen LogP contribution in [0.3, 0.4) is 0 Å². The number of ether oxygens (including phenoxy) is 1. The Bertz CT molecular complexity index is 840. The van der Waals surface area contributed by atoms with E-state index in [1.165, 1.54) is 11.0 Å². The van der Waals surface area contributed by atoms with E-state index in [2.05, 4.69) is 28.7 Å². The minimum Gasteiger partial charge on any atom is -0.383 e. The molecule has 1 aliphatic rings. The van der Waals surface area contributed by atoms with Crippen LogP contribution in [0.15, 0.2) is 9.59 Å². The zero-order valence-corrected chi connectivity index (χ0v) is 14.7. The molecule has 8 nitrogen and oxygen atoms in total. The van der Waals surface area contributed by atoms with Crippen molar-refractivity contribution in [3.8, 4) is 0 Å². The summed E-state index contributed by atoms with van der Waals surface area (Å²) >= 11 is 0. The summed E-state index contributed by atoms with van der Waals surface area (Å²) in [5, 5.41) is 0. The van der Waals surface area contributed by atoms with Gasteiger partial charge in [0.1, 0.15) is 0 Å². The van der Waals surface area contributed by atoms with Crippen LogP contribution in [0.1, 0.15) is 20.3 Å². The second kappa shape index (κ2) is 6.43. The van der Waals surface area contributed by atoms with E-state index in [1.54, 1.807) is 14.2 Å². The van der Waals surface area contributed by atoms with Crippen LogP contribution in [0.5, 0.6) is 0 Å². The molecule has 0 aromatic carbocycles. The van der Waals surface area contributed by atoms with Crippen molar-refractivity contribution in [1.82, 2.24) is 19.1 Å². The average molecular weight is 335 g/mol. The van der Waals surface area contributed by atoms with Gasteiger partial charge in [-0.1, -0.05) is 13.8 Å². The van der Waals surface area contributed by atoms with Gasteiger partial charge < -0.3 is 14.2 Å². The number of piperidine rings is 1. The van der Waals surface area contributed by atoms with Crippen LogP contribution in [0.4, 0.5) is 5.95 Å². The number of imidazole rings is 1. The fourth-order valence-corrected chi connectivity index (χ4v) is 3.69. The number of H-pyrrole nitrogens is 1. The summed E-state index contributed by atoms with van der Waals surface area (Å²) in [5.41, 5.74) is -0.00681. The number of rotatable bonds is 4. The molecule has 3 heterocycles. The Balaban J connectivity index is 2.19. The van der Waals surface area contributed by atoms with Gasteiger partial charge in [-0.05, 0) is 18.3 Å². The topological polar surface area (TPSA) is 85.2 Å². The molecule has 1 N–H and O–H groups in total. The second-order valence-electron chi connectivity index (χ2n) is 6.90. The van der Waals surface area contributed by atoms with Crippen LogP contribution in [0, 0.1) is 11.8 Å². The Labute approximate surface area is 140 Å². The van der Waals surface area contributed by atoms with Crippen molar-refractivity contribution < 1.29 is 4.74 Å². The largest absolute Gasteiger partial charge is 0.383 e. The van der Waals surface area contributed by atoms with E-state index in [-0.39, 0.29) is 0 Å². The summed E-state index contributed by atoms with van der Waals surface area (Å²) in [6.45, 7) is 7.24. The van der Waals surface area contributed by atoms with Gasteiger partial charge in [0, 0.05) is 33.8 Å². The molecule has 0 amide bonds. The Morgan fingerprint density at radius 2 is 1.92 bits per heavy atom. The minimum atomic E-state index is -0.448. The standard InChI is InChI=1S/C16H25N5O3/c1-10-7-11(2)9-20(8-10)15-17-13-12(21(15)5-6-24-4)14(22)18-16(23)19(13)3/h10-11H,5-9H2,1-4H3,(H,18,22,23). The summed E-state index contributed by atoms with van der Waals surface area (Å²) in [6, 6.07) is 0. The van der Waals surface area contributed by atoms with Gasteiger partial charge in [-0.25, -0.2) is 4.79 Å². The van der Waals surface area contributed by atoms with E-state index in [0.717, 1.165) is 19.0 Å². The molecule has 0 radical (unpaired) electrons. The van der Waals surface area contributed by atoms with Gasteiger partial charge in [-0.2, -0.15) is 4.98 Å². The SMILES string of the molecule is COCCn1c(N2CC(C)CC(C)C2)nc2c1c(=O)[nH]c(=O)n2C. The molecule has 0 bridgehead atoms. The van der Waals surface area contributed by atoms with Crippen molar-refractivity contribution >= 4 is 17.1 Å². The first-order valence-electron chi connectivity index (χ1n) is 8.35. The van der Waals surface area contributed by atoms with Gasteiger partial charge in [-0.3, -0.25) is 14.3 Å². The fourth-order valence-electron chi connectivity index (χ4n) is 3.69. The van der Waals surface area contributed by atoms with Crippen molar-refractivity contribution in [2.45, 2.75) is 26.8 Å². The highest BCUT2D eigenvalue weighted by molar-refractivity contribution is 5.74. The molecule has 3 rings (SSSR count). The number of anilines is 1. The van der Waals surface area contributed by atoms with E-state index in [9.17, 15) is 9.59 Å². The smallest absolute Gasteiger partial charge is 0.329 e. The molecule has 1 aliphatic heterocycles. The van der Waals surface area contributed by atoms with Gasteiger partial charge in [0.25, 0.3) is 5.56 Å². The van der Waals surface area contributed by atoms with Crippen LogP contribution >= 0.6 is 0 Å². The van der Waals surface area contributed by atoms with Gasteiger partial charge in [-0.15, -0.1) is 0 Å². The third kappa shape index (κ3) is 2.86. The van der Waals surface area contributed by atoms with Crippen molar-refractivity contribution in [1.29, 1.82) is 0 Å².